The van der Waals surface area contributed by atoms with Gasteiger partial charge in [0.1, 0.15) is 11.5 Å². The molecule has 0 unspecified atom stereocenters. The minimum Gasteiger partial charge on any atom is -0.463 e. The van der Waals surface area contributed by atoms with Gasteiger partial charge in [-0.15, -0.1) is 0 Å². The first-order chi connectivity index (χ1) is 7.52. The highest BCUT2D eigenvalue weighted by atomic mass is 19.3. The lowest BCUT2D eigenvalue weighted by atomic mass is 10.2. The molecule has 0 aliphatic carbocycles. The molecule has 0 aliphatic heterocycles. The Morgan fingerprint density at radius 3 is 2.75 bits per heavy atom. The second-order valence-corrected chi connectivity index (χ2v) is 3.94. The summed E-state index contributed by atoms with van der Waals surface area (Å²) < 4.78 is 29.8. The quantitative estimate of drug-likeness (QED) is 0.813. The van der Waals surface area contributed by atoms with Gasteiger partial charge in [-0.1, -0.05) is 0 Å². The predicted molar refractivity (Wildman–Crippen MR) is 58.5 cm³/mol. The molecule has 0 saturated heterocycles. The van der Waals surface area contributed by atoms with Gasteiger partial charge in [-0.05, 0) is 32.6 Å². The highest BCUT2D eigenvalue weighted by Crippen LogP contribution is 2.16. The van der Waals surface area contributed by atoms with Gasteiger partial charge in [-0.2, -0.15) is 0 Å². The van der Waals surface area contributed by atoms with E-state index in [9.17, 15) is 8.78 Å². The fourth-order valence-electron chi connectivity index (χ4n) is 1.57. The second kappa shape index (κ2) is 5.96. The molecular weight excluding hydrogens is 214 g/mol. The van der Waals surface area contributed by atoms with E-state index >= 15 is 0 Å². The van der Waals surface area contributed by atoms with Crippen LogP contribution < -0.4 is 5.32 Å². The van der Waals surface area contributed by atoms with Crippen molar-refractivity contribution in [3.8, 4) is 0 Å². The van der Waals surface area contributed by atoms with Gasteiger partial charge in [-0.25, -0.2) is 8.78 Å². The Morgan fingerprint density at radius 1 is 1.50 bits per heavy atom. The second-order valence-electron chi connectivity index (χ2n) is 3.94. The smallest absolute Gasteiger partial charge is 0.251 e. The summed E-state index contributed by atoms with van der Waals surface area (Å²) in [6.45, 7) is 2.78. The van der Waals surface area contributed by atoms with Crippen LogP contribution in [-0.4, -0.2) is 32.0 Å². The molecule has 1 heterocycles. The Labute approximate surface area is 94.4 Å². The van der Waals surface area contributed by atoms with Crippen LogP contribution in [0.5, 0.6) is 0 Å². The van der Waals surface area contributed by atoms with E-state index in [1.165, 1.54) is 0 Å². The van der Waals surface area contributed by atoms with Crippen LogP contribution in [0.2, 0.25) is 0 Å². The first kappa shape index (κ1) is 13.1. The Morgan fingerprint density at radius 2 is 2.19 bits per heavy atom. The summed E-state index contributed by atoms with van der Waals surface area (Å²) in [6.07, 6.45) is -2.31. The molecule has 92 valence electrons. The standard InChI is InChI=1S/C11H18F2N2O/c1-8-4-9(16-10(8)5-14-2)6-15(3)7-11(12)13/h4,11,14H,5-7H2,1-3H3. The minimum absolute atomic E-state index is 0.235. The molecule has 1 aromatic heterocycles. The van der Waals surface area contributed by atoms with E-state index in [1.54, 1.807) is 11.9 Å². The molecule has 3 nitrogen and oxygen atoms in total. The van der Waals surface area contributed by atoms with Crippen LogP contribution in [0.1, 0.15) is 17.1 Å². The van der Waals surface area contributed by atoms with Gasteiger partial charge in [0.25, 0.3) is 6.43 Å². The van der Waals surface area contributed by atoms with Gasteiger partial charge in [0, 0.05) is 0 Å². The van der Waals surface area contributed by atoms with Crippen molar-refractivity contribution in [3.63, 3.8) is 0 Å². The van der Waals surface area contributed by atoms with Crippen molar-refractivity contribution in [2.24, 2.45) is 0 Å². The molecule has 5 heteroatoms. The van der Waals surface area contributed by atoms with Gasteiger partial charge < -0.3 is 9.73 Å². The molecule has 0 fully saturated rings. The maximum Gasteiger partial charge on any atom is 0.251 e. The molecule has 1 rings (SSSR count). The van der Waals surface area contributed by atoms with Crippen molar-refractivity contribution < 1.29 is 13.2 Å². The van der Waals surface area contributed by atoms with Gasteiger partial charge >= 0.3 is 0 Å². The SMILES string of the molecule is CNCc1oc(CN(C)CC(F)F)cc1C. The summed E-state index contributed by atoms with van der Waals surface area (Å²) in [7, 11) is 3.49. The number of hydrogen-bond acceptors (Lipinski definition) is 3. The number of furan rings is 1. The van der Waals surface area contributed by atoms with Gasteiger partial charge in [-0.3, -0.25) is 4.90 Å². The van der Waals surface area contributed by atoms with E-state index < -0.39 is 6.43 Å². The molecule has 0 saturated carbocycles. The summed E-state index contributed by atoms with van der Waals surface area (Å²) in [6, 6.07) is 1.90. The monoisotopic (exact) mass is 232 g/mol. The Kier molecular flexibility index (Phi) is 4.89. The number of nitrogens with one attached hydrogen (secondary N) is 1. The molecule has 1 aromatic rings. The molecule has 16 heavy (non-hydrogen) atoms. The van der Waals surface area contributed by atoms with Crippen LogP contribution in [0.15, 0.2) is 10.5 Å². The molecule has 0 aliphatic rings. The van der Waals surface area contributed by atoms with E-state index in [2.05, 4.69) is 5.32 Å². The largest absolute Gasteiger partial charge is 0.463 e. The summed E-state index contributed by atoms with van der Waals surface area (Å²) in [5.41, 5.74) is 1.05. The Bertz CT molecular complexity index is 326. The third kappa shape index (κ3) is 3.90. The van der Waals surface area contributed by atoms with Crippen LogP contribution in [0.3, 0.4) is 0 Å². The zero-order valence-electron chi connectivity index (χ0n) is 9.89. The predicted octanol–water partition coefficient (Wildman–Crippen LogP) is 2.00. The average molecular weight is 232 g/mol. The van der Waals surface area contributed by atoms with Gasteiger partial charge in [0.15, 0.2) is 0 Å². The fraction of sp³-hybridized carbons (Fsp3) is 0.636. The van der Waals surface area contributed by atoms with Crippen molar-refractivity contribution in [1.29, 1.82) is 0 Å². The van der Waals surface area contributed by atoms with E-state index in [4.69, 9.17) is 4.42 Å². The highest BCUT2D eigenvalue weighted by Gasteiger charge is 2.12. The van der Waals surface area contributed by atoms with Crippen LogP contribution in [0.25, 0.3) is 0 Å². The molecule has 0 spiro atoms. The lowest BCUT2D eigenvalue weighted by Crippen LogP contribution is -2.23. The highest BCUT2D eigenvalue weighted by molar-refractivity contribution is 5.19. The number of rotatable bonds is 6. The summed E-state index contributed by atoms with van der Waals surface area (Å²) in [5, 5.41) is 3.00. The Hall–Kier alpha value is -0.940. The molecule has 1 N–H and O–H groups in total. The summed E-state index contributed by atoms with van der Waals surface area (Å²) in [5.74, 6) is 1.59. The number of halogens is 2. The Balaban J connectivity index is 2.57. The van der Waals surface area contributed by atoms with Crippen LogP contribution in [-0.2, 0) is 13.1 Å². The van der Waals surface area contributed by atoms with Crippen molar-refractivity contribution in [2.75, 3.05) is 20.6 Å². The van der Waals surface area contributed by atoms with Crippen molar-refractivity contribution in [3.05, 3.63) is 23.2 Å². The summed E-state index contributed by atoms with van der Waals surface area (Å²) >= 11 is 0. The normalized spacial score (nSPS) is 11.7. The zero-order chi connectivity index (χ0) is 12.1. The average Bonchev–Trinajstić information content (AvgIpc) is 2.45. The molecule has 0 amide bonds. The van der Waals surface area contributed by atoms with Crippen LogP contribution in [0.4, 0.5) is 8.78 Å². The van der Waals surface area contributed by atoms with Crippen molar-refractivity contribution in [2.45, 2.75) is 26.4 Å². The fourth-order valence-corrected chi connectivity index (χ4v) is 1.57. The van der Waals surface area contributed by atoms with Gasteiger partial charge in [0.2, 0.25) is 0 Å². The molecule has 0 radical (unpaired) electrons. The molecule has 0 atom stereocenters. The number of hydrogen-bond donors (Lipinski definition) is 1. The number of aryl methyl sites for hydroxylation is 1. The number of alkyl halides is 2. The third-order valence-electron chi connectivity index (χ3n) is 2.28. The lowest BCUT2D eigenvalue weighted by Gasteiger charge is -2.13. The number of nitrogens with zero attached hydrogens (tertiary/aromatic N) is 1. The van der Waals surface area contributed by atoms with Gasteiger partial charge in [0.05, 0.1) is 19.6 Å². The summed E-state index contributed by atoms with van der Waals surface area (Å²) in [4.78, 5) is 1.55. The maximum atomic E-state index is 12.1. The topological polar surface area (TPSA) is 28.4 Å². The van der Waals surface area contributed by atoms with E-state index in [0.717, 1.165) is 17.1 Å². The lowest BCUT2D eigenvalue weighted by molar-refractivity contribution is 0.0944. The van der Waals surface area contributed by atoms with Crippen LogP contribution >= 0.6 is 0 Å². The minimum atomic E-state index is -2.31. The third-order valence-corrected chi connectivity index (χ3v) is 2.28. The van der Waals surface area contributed by atoms with E-state index in [-0.39, 0.29) is 6.54 Å². The van der Waals surface area contributed by atoms with E-state index in [0.29, 0.717) is 13.1 Å². The maximum absolute atomic E-state index is 12.1. The zero-order valence-corrected chi connectivity index (χ0v) is 9.89. The first-order valence-corrected chi connectivity index (χ1v) is 5.22. The van der Waals surface area contributed by atoms with Crippen molar-refractivity contribution in [1.82, 2.24) is 10.2 Å². The first-order valence-electron chi connectivity index (χ1n) is 5.22. The van der Waals surface area contributed by atoms with E-state index in [1.807, 2.05) is 20.0 Å². The molecular formula is C11H18F2N2O. The molecule has 0 bridgehead atoms. The van der Waals surface area contributed by atoms with Crippen molar-refractivity contribution >= 4 is 0 Å². The molecule has 0 aromatic carbocycles. The van der Waals surface area contributed by atoms with Crippen LogP contribution in [0, 0.1) is 6.92 Å².